The van der Waals surface area contributed by atoms with Crippen molar-refractivity contribution < 1.29 is 9.59 Å². The zero-order valence-corrected chi connectivity index (χ0v) is 15.3. The first-order valence-corrected chi connectivity index (χ1v) is 9.78. The Bertz CT molecular complexity index is 630. The highest BCUT2D eigenvalue weighted by Crippen LogP contribution is 2.67. The van der Waals surface area contributed by atoms with Crippen LogP contribution in [-0.2, 0) is 9.59 Å². The molecule has 4 aliphatic rings. The number of rotatable bonds is 2. The van der Waals surface area contributed by atoms with Gasteiger partial charge >= 0.3 is 0 Å². The lowest BCUT2D eigenvalue weighted by Crippen LogP contribution is -2.50. The van der Waals surface area contributed by atoms with Gasteiger partial charge in [0.2, 0.25) is 0 Å². The van der Waals surface area contributed by atoms with E-state index in [1.165, 1.54) is 19.3 Å². The summed E-state index contributed by atoms with van der Waals surface area (Å²) in [5.74, 6) is 2.18. The van der Waals surface area contributed by atoms with Crippen LogP contribution in [0, 0.1) is 40.4 Å². The number of fused-ring (bicyclic) bond motifs is 5. The summed E-state index contributed by atoms with van der Waals surface area (Å²) in [6.07, 6.45) is 14.9. The smallest absolute Gasteiger partial charge is 0.199 e. The van der Waals surface area contributed by atoms with Crippen molar-refractivity contribution >= 4 is 12.1 Å². The van der Waals surface area contributed by atoms with E-state index in [1.807, 2.05) is 0 Å². The van der Waals surface area contributed by atoms with Crippen molar-refractivity contribution in [2.75, 3.05) is 0 Å². The molecular formula is C22H30O2. The van der Waals surface area contributed by atoms with E-state index in [2.05, 4.69) is 39.0 Å². The van der Waals surface area contributed by atoms with Crippen LogP contribution in [-0.4, -0.2) is 12.1 Å². The minimum absolute atomic E-state index is 0.0362. The zero-order chi connectivity index (χ0) is 17.1. The minimum Gasteiger partial charge on any atom is -0.295 e. The van der Waals surface area contributed by atoms with Gasteiger partial charge in [0, 0.05) is 11.3 Å². The average Bonchev–Trinajstić information content (AvgIpc) is 2.84. The number of Topliss-reactive ketones (excluding diaryl/α,β-unsaturated/α-hetero) is 1. The Morgan fingerprint density at radius 3 is 2.79 bits per heavy atom. The van der Waals surface area contributed by atoms with Crippen LogP contribution >= 0.6 is 0 Å². The summed E-state index contributed by atoms with van der Waals surface area (Å²) in [7, 11) is 0. The monoisotopic (exact) mass is 326 g/mol. The normalized spacial score (nSPS) is 49.6. The number of aldehydes is 1. The second-order valence-corrected chi connectivity index (χ2v) is 9.32. The fraction of sp³-hybridized carbons (Fsp3) is 0.727. The Morgan fingerprint density at radius 2 is 2.04 bits per heavy atom. The quantitative estimate of drug-likeness (QED) is 0.417. The van der Waals surface area contributed by atoms with Gasteiger partial charge in [-0.15, -0.1) is 0 Å². The molecule has 2 heteroatoms. The van der Waals surface area contributed by atoms with Crippen LogP contribution in [0.4, 0.5) is 0 Å². The van der Waals surface area contributed by atoms with Crippen molar-refractivity contribution in [3.05, 3.63) is 23.8 Å². The maximum Gasteiger partial charge on any atom is 0.199 e. The molecular weight excluding hydrogens is 296 g/mol. The van der Waals surface area contributed by atoms with Gasteiger partial charge in [-0.05, 0) is 67.6 Å². The fourth-order valence-corrected chi connectivity index (χ4v) is 7.38. The molecule has 3 fully saturated rings. The molecule has 4 rings (SSSR count). The number of hydrogen-bond donors (Lipinski definition) is 0. The Kier molecular flexibility index (Phi) is 3.67. The lowest BCUT2D eigenvalue weighted by molar-refractivity contribution is -0.138. The lowest BCUT2D eigenvalue weighted by atomic mass is 9.47. The summed E-state index contributed by atoms with van der Waals surface area (Å²) in [6.45, 7) is 6.95. The van der Waals surface area contributed by atoms with Gasteiger partial charge in [0.1, 0.15) is 0 Å². The van der Waals surface area contributed by atoms with E-state index in [9.17, 15) is 9.59 Å². The highest BCUT2D eigenvalue weighted by Gasteiger charge is 2.61. The highest BCUT2D eigenvalue weighted by atomic mass is 16.2. The fourth-order valence-electron chi connectivity index (χ4n) is 7.38. The molecule has 0 aliphatic heterocycles. The summed E-state index contributed by atoms with van der Waals surface area (Å²) in [4.78, 5) is 23.6. The first-order valence-electron chi connectivity index (χ1n) is 9.78. The number of carbonyl (C=O) groups is 2. The van der Waals surface area contributed by atoms with E-state index in [4.69, 9.17) is 0 Å². The van der Waals surface area contributed by atoms with Crippen molar-refractivity contribution in [2.45, 2.75) is 59.3 Å². The molecule has 2 nitrogen and oxygen atoms in total. The van der Waals surface area contributed by atoms with E-state index in [0.29, 0.717) is 30.0 Å². The first-order chi connectivity index (χ1) is 11.4. The van der Waals surface area contributed by atoms with Crippen LogP contribution in [0.15, 0.2) is 23.8 Å². The lowest BCUT2D eigenvalue weighted by Gasteiger charge is -2.57. The summed E-state index contributed by atoms with van der Waals surface area (Å²) in [5.41, 5.74) is 1.92. The van der Waals surface area contributed by atoms with Gasteiger partial charge in [0.15, 0.2) is 12.1 Å². The van der Waals surface area contributed by atoms with E-state index < -0.39 is 0 Å². The largest absolute Gasteiger partial charge is 0.295 e. The van der Waals surface area contributed by atoms with Gasteiger partial charge in [0.05, 0.1) is 0 Å². The maximum atomic E-state index is 12.3. The van der Waals surface area contributed by atoms with Crippen LogP contribution in [0.1, 0.15) is 59.3 Å². The van der Waals surface area contributed by atoms with Gasteiger partial charge < -0.3 is 0 Å². The highest BCUT2D eigenvalue weighted by molar-refractivity contribution is 6.26. The third-order valence-electron chi connectivity index (χ3n) is 8.38. The van der Waals surface area contributed by atoms with Gasteiger partial charge in [-0.2, -0.15) is 0 Å². The SMILES string of the molecule is C[C@@H]1C[C@H]2[C@@H]3CCC4=CCC=C[C@]4(C)[C@H]3CC[C@]2(C)[C@H]1C(=O)C=O. The zero-order valence-electron chi connectivity index (χ0n) is 15.3. The minimum atomic E-state index is -0.147. The molecule has 0 aromatic rings. The summed E-state index contributed by atoms with van der Waals surface area (Å²) in [6, 6.07) is 0. The molecule has 3 saturated carbocycles. The second kappa shape index (κ2) is 5.41. The Labute approximate surface area is 145 Å². The van der Waals surface area contributed by atoms with E-state index >= 15 is 0 Å². The third-order valence-corrected chi connectivity index (χ3v) is 8.38. The Morgan fingerprint density at radius 1 is 1.25 bits per heavy atom. The van der Waals surface area contributed by atoms with Gasteiger partial charge in [0.25, 0.3) is 0 Å². The summed E-state index contributed by atoms with van der Waals surface area (Å²) in [5, 5.41) is 0. The van der Waals surface area contributed by atoms with Crippen molar-refractivity contribution in [3.8, 4) is 0 Å². The van der Waals surface area contributed by atoms with Gasteiger partial charge in [-0.3, -0.25) is 9.59 Å². The molecule has 0 spiro atoms. The molecule has 0 amide bonds. The average molecular weight is 326 g/mol. The molecule has 0 N–H and O–H groups in total. The molecule has 0 aromatic heterocycles. The topological polar surface area (TPSA) is 34.1 Å². The number of allylic oxidation sites excluding steroid dienone is 4. The second-order valence-electron chi connectivity index (χ2n) is 9.32. The molecule has 0 unspecified atom stereocenters. The van der Waals surface area contributed by atoms with Crippen LogP contribution in [0.5, 0.6) is 0 Å². The predicted molar refractivity (Wildman–Crippen MR) is 95.3 cm³/mol. The van der Waals surface area contributed by atoms with Crippen molar-refractivity contribution in [1.82, 2.24) is 0 Å². The van der Waals surface area contributed by atoms with Gasteiger partial charge in [-0.25, -0.2) is 0 Å². The number of carbonyl (C=O) groups excluding carboxylic acids is 2. The van der Waals surface area contributed by atoms with Crippen LogP contribution in [0.2, 0.25) is 0 Å². The van der Waals surface area contributed by atoms with E-state index in [1.54, 1.807) is 5.57 Å². The third kappa shape index (κ3) is 2.01. The summed E-state index contributed by atoms with van der Waals surface area (Å²) < 4.78 is 0. The van der Waals surface area contributed by atoms with Crippen LogP contribution in [0.3, 0.4) is 0 Å². The maximum absolute atomic E-state index is 12.3. The van der Waals surface area contributed by atoms with Crippen molar-refractivity contribution in [2.24, 2.45) is 40.4 Å². The standard InChI is InChI=1S/C22H30O2/c1-14-12-18-16-8-7-15-6-4-5-10-21(15,2)17(16)9-11-22(18,3)20(14)19(24)13-23/h5-6,10,13-14,16-18,20H,4,7-9,11-12H2,1-3H3/t14-,16-,17+,18+,20-,21+,22+/m1/s1. The van der Waals surface area contributed by atoms with Crippen molar-refractivity contribution in [1.29, 1.82) is 0 Å². The van der Waals surface area contributed by atoms with Crippen LogP contribution < -0.4 is 0 Å². The summed E-state index contributed by atoms with van der Waals surface area (Å²) >= 11 is 0. The van der Waals surface area contributed by atoms with Crippen molar-refractivity contribution in [3.63, 3.8) is 0 Å². The molecule has 0 aromatic carbocycles. The van der Waals surface area contributed by atoms with E-state index in [-0.39, 0.29) is 22.5 Å². The molecule has 0 saturated heterocycles. The van der Waals surface area contributed by atoms with Crippen LogP contribution in [0.25, 0.3) is 0 Å². The molecule has 130 valence electrons. The van der Waals surface area contributed by atoms with Gasteiger partial charge in [-0.1, -0.05) is 44.6 Å². The Hall–Kier alpha value is -1.18. The molecule has 24 heavy (non-hydrogen) atoms. The first kappa shape index (κ1) is 16.3. The predicted octanol–water partition coefficient (Wildman–Crippen LogP) is 4.75. The molecule has 4 aliphatic carbocycles. The molecule has 0 radical (unpaired) electrons. The molecule has 0 heterocycles. The number of hydrogen-bond acceptors (Lipinski definition) is 2. The molecule has 7 atom stereocenters. The molecule has 0 bridgehead atoms. The van der Waals surface area contributed by atoms with E-state index in [0.717, 1.165) is 19.3 Å². The Balaban J connectivity index is 1.69. The number of ketones is 1.